The lowest BCUT2D eigenvalue weighted by Gasteiger charge is -2.14. The lowest BCUT2D eigenvalue weighted by Crippen LogP contribution is -2.33. The van der Waals surface area contributed by atoms with Crippen LogP contribution in [-0.4, -0.2) is 33.7 Å². The van der Waals surface area contributed by atoms with E-state index in [1.165, 1.54) is 11.8 Å². The van der Waals surface area contributed by atoms with Crippen LogP contribution in [0.15, 0.2) is 60.1 Å². The summed E-state index contributed by atoms with van der Waals surface area (Å²) in [5, 5.41) is 3.47. The van der Waals surface area contributed by atoms with Crippen LogP contribution in [0.5, 0.6) is 0 Å². The van der Waals surface area contributed by atoms with Crippen LogP contribution in [0.3, 0.4) is 0 Å². The maximum atomic E-state index is 12.9. The highest BCUT2D eigenvalue weighted by Crippen LogP contribution is 2.33. The van der Waals surface area contributed by atoms with Crippen molar-refractivity contribution in [2.45, 2.75) is 25.5 Å². The van der Waals surface area contributed by atoms with Crippen molar-refractivity contribution in [3.05, 3.63) is 71.3 Å². The van der Waals surface area contributed by atoms with Gasteiger partial charge in [0.25, 0.3) is 0 Å². The number of benzene rings is 2. The highest BCUT2D eigenvalue weighted by atomic mass is 35.5. The van der Waals surface area contributed by atoms with E-state index in [1.54, 1.807) is 35.2 Å². The average molecular weight is 428 g/mol. The largest absolute Gasteiger partial charge is 0.326 e. The third-order valence-electron chi connectivity index (χ3n) is 4.62. The minimum Gasteiger partial charge on any atom is -0.326 e. The maximum Gasteiger partial charge on any atom is 0.242 e. The molecule has 1 fully saturated rings. The van der Waals surface area contributed by atoms with E-state index < -0.39 is 5.25 Å². The van der Waals surface area contributed by atoms with Crippen LogP contribution in [-0.2, 0) is 9.59 Å². The Morgan fingerprint density at radius 1 is 1.28 bits per heavy atom. The monoisotopic (exact) mass is 427 g/mol. The summed E-state index contributed by atoms with van der Waals surface area (Å²) in [6.45, 7) is 8.11. The molecule has 0 aliphatic carbocycles. The Labute approximate surface area is 179 Å². The second-order valence-corrected chi connectivity index (χ2v) is 8.32. The third kappa shape index (κ3) is 5.08. The van der Waals surface area contributed by atoms with Gasteiger partial charge in [-0.15, -0.1) is 6.58 Å². The van der Waals surface area contributed by atoms with Crippen molar-refractivity contribution in [3.63, 3.8) is 0 Å². The Hall–Kier alpha value is -2.57. The smallest absolute Gasteiger partial charge is 0.242 e. The van der Waals surface area contributed by atoms with Crippen LogP contribution in [0.25, 0.3) is 0 Å². The number of nitrogens with one attached hydrogen (secondary N) is 1. The summed E-state index contributed by atoms with van der Waals surface area (Å²) in [5.74, 6) is -0.366. The number of halogens is 1. The molecule has 0 radical (unpaired) electrons. The minimum atomic E-state index is -0.522. The molecule has 1 unspecified atom stereocenters. The van der Waals surface area contributed by atoms with Crippen molar-refractivity contribution in [1.29, 1.82) is 0 Å². The Balaban J connectivity index is 1.77. The number of carbonyl (C=O) groups is 2. The van der Waals surface area contributed by atoms with Gasteiger partial charge in [-0.25, -0.2) is 4.99 Å². The molecule has 1 saturated heterocycles. The highest BCUT2D eigenvalue weighted by Gasteiger charge is 2.38. The zero-order valence-electron chi connectivity index (χ0n) is 16.3. The first-order valence-electron chi connectivity index (χ1n) is 9.18. The molecular weight excluding hydrogens is 406 g/mol. The summed E-state index contributed by atoms with van der Waals surface area (Å²) in [7, 11) is 0. The fraction of sp³-hybridized carbons (Fsp3) is 0.227. The summed E-state index contributed by atoms with van der Waals surface area (Å²) in [5.41, 5.74) is 3.66. The fourth-order valence-electron chi connectivity index (χ4n) is 2.90. The summed E-state index contributed by atoms with van der Waals surface area (Å²) >= 11 is 7.18. The number of nitrogens with zero attached hydrogens (tertiary/aromatic N) is 2. The molecule has 5 nitrogen and oxygen atoms in total. The zero-order chi connectivity index (χ0) is 21.0. The minimum absolute atomic E-state index is 0.0611. The predicted octanol–water partition coefficient (Wildman–Crippen LogP) is 5.10. The van der Waals surface area contributed by atoms with Gasteiger partial charge in [0.1, 0.15) is 5.25 Å². The van der Waals surface area contributed by atoms with E-state index in [1.807, 2.05) is 32.0 Å². The lowest BCUT2D eigenvalue weighted by atomic mass is 10.1. The van der Waals surface area contributed by atoms with Crippen molar-refractivity contribution in [2.75, 3.05) is 11.9 Å². The number of hydrogen-bond acceptors (Lipinski definition) is 4. The third-order valence-corrected chi connectivity index (χ3v) is 6.05. The van der Waals surface area contributed by atoms with Gasteiger partial charge in [0.2, 0.25) is 11.8 Å². The van der Waals surface area contributed by atoms with Crippen molar-refractivity contribution in [3.8, 4) is 0 Å². The molecule has 1 N–H and O–H groups in total. The Morgan fingerprint density at radius 3 is 2.69 bits per heavy atom. The van der Waals surface area contributed by atoms with E-state index in [4.69, 9.17) is 16.6 Å². The van der Waals surface area contributed by atoms with Crippen molar-refractivity contribution >= 4 is 51.7 Å². The molecule has 0 bridgehead atoms. The summed E-state index contributed by atoms with van der Waals surface area (Å²) in [6, 6.07) is 12.7. The molecule has 29 heavy (non-hydrogen) atoms. The van der Waals surface area contributed by atoms with Crippen LogP contribution < -0.4 is 5.32 Å². The summed E-state index contributed by atoms with van der Waals surface area (Å²) in [4.78, 5) is 31.6. The normalized spacial score (nSPS) is 17.6. The predicted molar refractivity (Wildman–Crippen MR) is 121 cm³/mol. The number of aliphatic imine (C=N–C) groups is 1. The van der Waals surface area contributed by atoms with E-state index in [2.05, 4.69) is 11.9 Å². The van der Waals surface area contributed by atoms with Crippen LogP contribution in [0.2, 0.25) is 5.02 Å². The number of anilines is 1. The van der Waals surface area contributed by atoms with E-state index >= 15 is 0 Å². The molecule has 2 amide bonds. The zero-order valence-corrected chi connectivity index (χ0v) is 17.9. The highest BCUT2D eigenvalue weighted by molar-refractivity contribution is 8.15. The fourth-order valence-corrected chi connectivity index (χ4v) is 4.18. The van der Waals surface area contributed by atoms with E-state index in [9.17, 15) is 9.59 Å². The van der Waals surface area contributed by atoms with Gasteiger partial charge in [-0.3, -0.25) is 14.5 Å². The van der Waals surface area contributed by atoms with Crippen LogP contribution in [0, 0.1) is 13.8 Å². The van der Waals surface area contributed by atoms with E-state index in [0.29, 0.717) is 22.4 Å². The van der Waals surface area contributed by atoms with Gasteiger partial charge < -0.3 is 5.32 Å². The number of hydrogen-bond donors (Lipinski definition) is 1. The molecule has 0 saturated carbocycles. The maximum absolute atomic E-state index is 12.9. The van der Waals surface area contributed by atoms with Crippen molar-refractivity contribution in [2.24, 2.45) is 4.99 Å². The van der Waals surface area contributed by atoms with E-state index in [0.717, 1.165) is 16.8 Å². The molecular formula is C22H22ClN3O2S. The summed E-state index contributed by atoms with van der Waals surface area (Å²) < 4.78 is 0. The Morgan fingerprint density at radius 2 is 2.00 bits per heavy atom. The first-order valence-corrected chi connectivity index (χ1v) is 10.4. The molecule has 1 aliphatic heterocycles. The molecule has 1 aliphatic rings. The van der Waals surface area contributed by atoms with Crippen molar-refractivity contribution < 1.29 is 9.59 Å². The molecule has 3 rings (SSSR count). The standard InChI is InChI=1S/C22H22ClN3O2S/c1-4-12-26-21(28)19(13-20(27)24-17-10-8-16(23)9-11-17)29-22(26)25-18-7-5-6-14(2)15(18)3/h4-11,19H,1,12-13H2,2-3H3,(H,24,27). The molecule has 0 spiro atoms. The molecule has 2 aromatic rings. The Kier molecular flexibility index (Phi) is 6.77. The Bertz CT molecular complexity index is 973. The van der Waals surface area contributed by atoms with Gasteiger partial charge in [0.15, 0.2) is 5.17 Å². The number of thioether (sulfide) groups is 1. The summed E-state index contributed by atoms with van der Waals surface area (Å²) in [6.07, 6.45) is 1.72. The number of aryl methyl sites for hydroxylation is 1. The molecule has 1 atom stereocenters. The average Bonchev–Trinajstić information content (AvgIpc) is 2.96. The number of amides is 2. The molecule has 7 heteroatoms. The first kappa shape index (κ1) is 21.1. The van der Waals surface area contributed by atoms with E-state index in [-0.39, 0.29) is 18.2 Å². The number of carbonyl (C=O) groups excluding carboxylic acids is 2. The second-order valence-electron chi connectivity index (χ2n) is 6.72. The molecule has 1 heterocycles. The van der Waals surface area contributed by atoms with Crippen LogP contribution >= 0.6 is 23.4 Å². The molecule has 150 valence electrons. The van der Waals surface area contributed by atoms with Gasteiger partial charge in [-0.05, 0) is 55.3 Å². The second kappa shape index (κ2) is 9.29. The van der Waals surface area contributed by atoms with Crippen LogP contribution in [0.1, 0.15) is 17.5 Å². The quantitative estimate of drug-likeness (QED) is 0.652. The molecule has 0 aromatic heterocycles. The first-order chi connectivity index (χ1) is 13.9. The lowest BCUT2D eigenvalue weighted by molar-refractivity contribution is -0.127. The van der Waals surface area contributed by atoms with Crippen LogP contribution in [0.4, 0.5) is 11.4 Å². The number of amidine groups is 1. The number of rotatable bonds is 6. The van der Waals surface area contributed by atoms with Crippen molar-refractivity contribution in [1.82, 2.24) is 4.90 Å². The SMILES string of the molecule is C=CCN1C(=O)C(CC(=O)Nc2ccc(Cl)cc2)SC1=Nc1cccc(C)c1C. The van der Waals surface area contributed by atoms with Gasteiger partial charge in [-0.1, -0.05) is 41.6 Å². The van der Waals surface area contributed by atoms with Gasteiger partial charge in [-0.2, -0.15) is 0 Å². The van der Waals surface area contributed by atoms with Gasteiger partial charge in [0, 0.05) is 23.7 Å². The van der Waals surface area contributed by atoms with Gasteiger partial charge >= 0.3 is 0 Å². The topological polar surface area (TPSA) is 61.8 Å². The molecule has 2 aromatic carbocycles. The van der Waals surface area contributed by atoms with Gasteiger partial charge in [0.05, 0.1) is 5.69 Å².